The third-order valence-corrected chi connectivity index (χ3v) is 6.11. The van der Waals surface area contributed by atoms with E-state index in [0.29, 0.717) is 38.2 Å². The van der Waals surface area contributed by atoms with E-state index in [4.69, 9.17) is 4.74 Å². The number of ether oxygens (including phenoxy) is 1. The van der Waals surface area contributed by atoms with Gasteiger partial charge in [0.2, 0.25) is 0 Å². The van der Waals surface area contributed by atoms with Crippen LogP contribution in [0.5, 0.6) is 0 Å². The van der Waals surface area contributed by atoms with E-state index in [1.807, 2.05) is 0 Å². The number of anilines is 1. The predicted molar refractivity (Wildman–Crippen MR) is 88.0 cm³/mol. The average Bonchev–Trinajstić information content (AvgIpc) is 2.58. The summed E-state index contributed by atoms with van der Waals surface area (Å²) < 4.78 is 44.9. The maximum Gasteiger partial charge on any atom is 0.312 e. The maximum absolute atomic E-state index is 13.6. The second kappa shape index (κ2) is 6.22. The zero-order valence-electron chi connectivity index (χ0n) is 14.6. The van der Waals surface area contributed by atoms with E-state index >= 15 is 0 Å². The Kier molecular flexibility index (Phi) is 4.21. The summed E-state index contributed by atoms with van der Waals surface area (Å²) in [6.45, 7) is -0.660. The summed E-state index contributed by atoms with van der Waals surface area (Å²) in [5, 5.41) is 12.7. The van der Waals surface area contributed by atoms with Crippen LogP contribution in [0.3, 0.4) is 0 Å². The van der Waals surface area contributed by atoms with Crippen molar-refractivity contribution in [3.63, 3.8) is 0 Å². The Bertz CT molecular complexity index is 798. The Hall–Kier alpha value is -2.09. The fourth-order valence-corrected chi connectivity index (χ4v) is 5.55. The summed E-state index contributed by atoms with van der Waals surface area (Å²) in [6, 6.07) is 1.58. The molecule has 27 heavy (non-hydrogen) atoms. The van der Waals surface area contributed by atoms with Gasteiger partial charge in [0.05, 0.1) is 16.7 Å². The smallest absolute Gasteiger partial charge is 0.312 e. The number of carbonyl (C=O) groups is 2. The molecule has 4 aliphatic rings. The average molecular weight is 383 g/mol. The molecule has 2 unspecified atom stereocenters. The highest BCUT2D eigenvalue weighted by Crippen LogP contribution is 2.61. The molecular weight excluding hydrogens is 363 g/mol. The van der Waals surface area contributed by atoms with Crippen molar-refractivity contribution < 1.29 is 32.6 Å². The molecule has 2 N–H and O–H groups in total. The van der Waals surface area contributed by atoms with Gasteiger partial charge in [0.25, 0.3) is 5.91 Å². The largest absolute Gasteiger partial charge is 0.455 e. The maximum atomic E-state index is 13.6. The van der Waals surface area contributed by atoms with Crippen LogP contribution < -0.4 is 5.32 Å². The van der Waals surface area contributed by atoms with Crippen molar-refractivity contribution in [2.24, 2.45) is 17.3 Å². The molecule has 0 spiro atoms. The Morgan fingerprint density at radius 3 is 2.41 bits per heavy atom. The monoisotopic (exact) mass is 383 g/mol. The molecule has 0 aromatic heterocycles. The molecule has 5 nitrogen and oxygen atoms in total. The number of rotatable bonds is 4. The molecular formula is C19H20F3NO4. The van der Waals surface area contributed by atoms with Crippen LogP contribution >= 0.6 is 0 Å². The van der Waals surface area contributed by atoms with E-state index in [-0.39, 0.29) is 11.8 Å². The third kappa shape index (κ3) is 3.20. The van der Waals surface area contributed by atoms with Crippen molar-refractivity contribution in [2.45, 2.75) is 44.1 Å². The number of nitrogens with one attached hydrogen (secondary N) is 1. The van der Waals surface area contributed by atoms with E-state index in [0.717, 1.165) is 12.5 Å². The van der Waals surface area contributed by atoms with Gasteiger partial charge in [-0.2, -0.15) is 0 Å². The topological polar surface area (TPSA) is 75.6 Å². The normalized spacial score (nSPS) is 33.8. The van der Waals surface area contributed by atoms with Gasteiger partial charge in [-0.15, -0.1) is 0 Å². The van der Waals surface area contributed by atoms with Crippen molar-refractivity contribution in [3.05, 3.63) is 29.6 Å². The van der Waals surface area contributed by atoms with Crippen molar-refractivity contribution in [3.8, 4) is 0 Å². The Morgan fingerprint density at radius 2 is 1.78 bits per heavy atom. The molecule has 4 saturated carbocycles. The highest BCUT2D eigenvalue weighted by Gasteiger charge is 2.60. The predicted octanol–water partition coefficient (Wildman–Crippen LogP) is 2.92. The molecule has 4 bridgehead atoms. The van der Waals surface area contributed by atoms with E-state index < -0.39 is 52.6 Å². The molecule has 0 aliphatic heterocycles. The van der Waals surface area contributed by atoms with Gasteiger partial charge in [-0.1, -0.05) is 0 Å². The first kappa shape index (κ1) is 18.3. The molecule has 1 aromatic carbocycles. The number of amides is 1. The van der Waals surface area contributed by atoms with Crippen LogP contribution in [0, 0.1) is 34.7 Å². The van der Waals surface area contributed by atoms with Gasteiger partial charge >= 0.3 is 5.97 Å². The lowest BCUT2D eigenvalue weighted by atomic mass is 9.48. The van der Waals surface area contributed by atoms with Gasteiger partial charge in [-0.25, -0.2) is 13.2 Å². The van der Waals surface area contributed by atoms with Crippen LogP contribution in [0.2, 0.25) is 0 Å². The molecule has 1 aromatic rings. The molecule has 0 saturated heterocycles. The minimum atomic E-state index is -1.69. The highest BCUT2D eigenvalue weighted by molar-refractivity contribution is 5.93. The number of hydrogen-bond acceptors (Lipinski definition) is 4. The van der Waals surface area contributed by atoms with E-state index in [1.165, 1.54) is 0 Å². The van der Waals surface area contributed by atoms with Crippen LogP contribution in [0.4, 0.5) is 18.9 Å². The van der Waals surface area contributed by atoms with E-state index in [9.17, 15) is 27.9 Å². The van der Waals surface area contributed by atoms with Gasteiger partial charge in [-0.3, -0.25) is 9.59 Å². The first-order chi connectivity index (χ1) is 12.7. The number of carbonyl (C=O) groups excluding carboxylic acids is 2. The third-order valence-electron chi connectivity index (χ3n) is 6.11. The van der Waals surface area contributed by atoms with Crippen LogP contribution in [-0.4, -0.2) is 29.2 Å². The molecule has 5 rings (SSSR count). The molecule has 0 heterocycles. The van der Waals surface area contributed by atoms with Gasteiger partial charge in [0.1, 0.15) is 0 Å². The lowest BCUT2D eigenvalue weighted by Gasteiger charge is -2.58. The summed E-state index contributed by atoms with van der Waals surface area (Å²) in [4.78, 5) is 24.6. The summed E-state index contributed by atoms with van der Waals surface area (Å²) in [5.41, 5.74) is -2.13. The number of halogens is 3. The molecule has 0 radical (unpaired) electrons. The lowest BCUT2D eigenvalue weighted by Crippen LogP contribution is -2.58. The number of benzene rings is 1. The zero-order valence-corrected chi connectivity index (χ0v) is 14.6. The molecule has 8 heteroatoms. The minimum absolute atomic E-state index is 0.286. The molecule has 1 amide bonds. The lowest BCUT2D eigenvalue weighted by molar-refractivity contribution is -0.196. The second-order valence-electron chi connectivity index (χ2n) is 8.31. The highest BCUT2D eigenvalue weighted by atomic mass is 19.2. The number of hydrogen-bond donors (Lipinski definition) is 2. The van der Waals surface area contributed by atoms with E-state index in [2.05, 4.69) is 5.32 Å². The van der Waals surface area contributed by atoms with Crippen molar-refractivity contribution >= 4 is 17.6 Å². The first-order valence-electron chi connectivity index (χ1n) is 9.03. The summed E-state index contributed by atoms with van der Waals surface area (Å²) in [7, 11) is 0. The number of aliphatic hydroxyl groups is 1. The van der Waals surface area contributed by atoms with Gasteiger partial charge < -0.3 is 15.2 Å². The summed E-state index contributed by atoms with van der Waals surface area (Å²) in [6.07, 6.45) is 4.04. The summed E-state index contributed by atoms with van der Waals surface area (Å²) >= 11 is 0. The van der Waals surface area contributed by atoms with Gasteiger partial charge in [0.15, 0.2) is 24.1 Å². The molecule has 4 aliphatic carbocycles. The van der Waals surface area contributed by atoms with Crippen molar-refractivity contribution in [2.75, 3.05) is 11.9 Å². The first-order valence-corrected chi connectivity index (χ1v) is 9.03. The van der Waals surface area contributed by atoms with Crippen LogP contribution in [0.1, 0.15) is 38.5 Å². The Balaban J connectivity index is 1.38. The quantitative estimate of drug-likeness (QED) is 0.619. The number of esters is 1. The van der Waals surface area contributed by atoms with Gasteiger partial charge in [0, 0.05) is 0 Å². The minimum Gasteiger partial charge on any atom is -0.455 e. The van der Waals surface area contributed by atoms with Crippen LogP contribution in [0.15, 0.2) is 12.1 Å². The van der Waals surface area contributed by atoms with Crippen molar-refractivity contribution in [1.29, 1.82) is 0 Å². The summed E-state index contributed by atoms with van der Waals surface area (Å²) in [5.74, 6) is -5.38. The SMILES string of the molecule is O=C(COC(=O)C12CC3CC(CC(O)(C3)C1)C2)Nc1ccc(F)c(F)c1F. The molecule has 4 fully saturated rings. The molecule has 146 valence electrons. The fraction of sp³-hybridized carbons (Fsp3) is 0.579. The Morgan fingerprint density at radius 1 is 1.11 bits per heavy atom. The van der Waals surface area contributed by atoms with Crippen molar-refractivity contribution in [1.82, 2.24) is 0 Å². The van der Waals surface area contributed by atoms with Crippen LogP contribution in [0.25, 0.3) is 0 Å². The van der Waals surface area contributed by atoms with Crippen LogP contribution in [-0.2, 0) is 14.3 Å². The zero-order chi connectivity index (χ0) is 19.4. The standard InChI is InChI=1S/C19H20F3NO4/c20-12-1-2-13(16(22)15(12)21)23-14(24)8-27-17(25)18-4-10-3-11(5-18)7-19(26,6-10)9-18/h1-2,10-11,26H,3-9H2,(H,23,24). The van der Waals surface area contributed by atoms with E-state index in [1.54, 1.807) is 0 Å². The molecule has 2 atom stereocenters. The fourth-order valence-electron chi connectivity index (χ4n) is 5.55. The van der Waals surface area contributed by atoms with Gasteiger partial charge in [-0.05, 0) is 62.5 Å². The second-order valence-corrected chi connectivity index (χ2v) is 8.31. The Labute approximate surface area is 153 Å².